The molecule has 1 unspecified atom stereocenters. The van der Waals surface area contributed by atoms with E-state index in [1.54, 1.807) is 6.07 Å². The molecule has 0 N–H and O–H groups in total. The van der Waals surface area contributed by atoms with Gasteiger partial charge < -0.3 is 9.05 Å². The fourth-order valence-corrected chi connectivity index (χ4v) is 3.01. The van der Waals surface area contributed by atoms with Crippen molar-refractivity contribution in [2.24, 2.45) is 0 Å². The second-order valence-corrected chi connectivity index (χ2v) is 5.75. The van der Waals surface area contributed by atoms with Gasteiger partial charge >= 0.3 is 7.60 Å². The Labute approximate surface area is 97.3 Å². The molecular weight excluding hydrogens is 223 g/mol. The standard InChI is InChI=1S/C12H19O3P/c1-4-5-10-15-16(13,14-3)12-9-7-6-8-11(12)2/h6-9H,4-5,10H2,1-3H3. The number of unbranched alkanes of at least 4 members (excludes halogenated alkanes) is 1. The van der Waals surface area contributed by atoms with Gasteiger partial charge in [-0.15, -0.1) is 0 Å². The fraction of sp³-hybridized carbons (Fsp3) is 0.500. The lowest BCUT2D eigenvalue weighted by Crippen LogP contribution is -2.12. The molecule has 0 bridgehead atoms. The molecule has 0 amide bonds. The Morgan fingerprint density at radius 3 is 2.56 bits per heavy atom. The minimum Gasteiger partial charge on any atom is -0.309 e. The highest BCUT2D eigenvalue weighted by atomic mass is 31.2. The Morgan fingerprint density at radius 1 is 1.31 bits per heavy atom. The molecule has 1 rings (SSSR count). The zero-order valence-corrected chi connectivity index (χ0v) is 11.0. The van der Waals surface area contributed by atoms with Crippen molar-refractivity contribution in [1.29, 1.82) is 0 Å². The average molecular weight is 242 g/mol. The summed E-state index contributed by atoms with van der Waals surface area (Å²) in [5.41, 5.74) is 0.934. The van der Waals surface area contributed by atoms with Gasteiger partial charge in [-0.1, -0.05) is 31.5 Å². The fourth-order valence-electron chi connectivity index (χ4n) is 1.42. The molecule has 0 aliphatic carbocycles. The third kappa shape index (κ3) is 3.18. The molecule has 3 nitrogen and oxygen atoms in total. The first-order valence-corrected chi connectivity index (χ1v) is 7.05. The Morgan fingerprint density at radius 2 is 2.00 bits per heavy atom. The van der Waals surface area contributed by atoms with Crippen molar-refractivity contribution in [1.82, 2.24) is 0 Å². The maximum Gasteiger partial charge on any atom is 0.361 e. The van der Waals surface area contributed by atoms with Crippen molar-refractivity contribution in [2.75, 3.05) is 13.7 Å². The topological polar surface area (TPSA) is 35.5 Å². The van der Waals surface area contributed by atoms with Gasteiger partial charge in [-0.05, 0) is 25.0 Å². The van der Waals surface area contributed by atoms with Gasteiger partial charge in [0, 0.05) is 7.11 Å². The molecule has 90 valence electrons. The molecule has 0 fully saturated rings. The van der Waals surface area contributed by atoms with Crippen LogP contribution >= 0.6 is 7.60 Å². The summed E-state index contributed by atoms with van der Waals surface area (Å²) < 4.78 is 22.9. The lowest BCUT2D eigenvalue weighted by atomic mass is 10.2. The summed E-state index contributed by atoms with van der Waals surface area (Å²) >= 11 is 0. The summed E-state index contributed by atoms with van der Waals surface area (Å²) in [6, 6.07) is 7.46. The summed E-state index contributed by atoms with van der Waals surface area (Å²) in [4.78, 5) is 0. The summed E-state index contributed by atoms with van der Waals surface area (Å²) in [7, 11) is -1.69. The molecule has 0 saturated heterocycles. The molecule has 0 radical (unpaired) electrons. The van der Waals surface area contributed by atoms with Crippen molar-refractivity contribution < 1.29 is 13.6 Å². The first kappa shape index (κ1) is 13.4. The van der Waals surface area contributed by atoms with E-state index < -0.39 is 7.60 Å². The Kier molecular flexibility index (Phi) is 5.20. The van der Waals surface area contributed by atoms with Gasteiger partial charge in [-0.25, -0.2) is 0 Å². The number of hydrogen-bond donors (Lipinski definition) is 0. The summed E-state index contributed by atoms with van der Waals surface area (Å²) in [6.45, 7) is 4.44. The van der Waals surface area contributed by atoms with Gasteiger partial charge in [0.05, 0.1) is 11.9 Å². The molecular formula is C12H19O3P. The number of hydrogen-bond acceptors (Lipinski definition) is 3. The summed E-state index contributed by atoms with van der Waals surface area (Å²) in [6.07, 6.45) is 1.90. The van der Waals surface area contributed by atoms with E-state index in [2.05, 4.69) is 6.92 Å². The largest absolute Gasteiger partial charge is 0.361 e. The van der Waals surface area contributed by atoms with Crippen LogP contribution in [-0.4, -0.2) is 13.7 Å². The summed E-state index contributed by atoms with van der Waals surface area (Å²) in [5, 5.41) is 0.661. The van der Waals surface area contributed by atoms with E-state index in [1.807, 2.05) is 25.1 Å². The van der Waals surface area contributed by atoms with Crippen LogP contribution in [0.5, 0.6) is 0 Å². The van der Waals surface area contributed by atoms with Gasteiger partial charge in [0.25, 0.3) is 0 Å². The van der Waals surface area contributed by atoms with Crippen LogP contribution in [0.15, 0.2) is 24.3 Å². The van der Waals surface area contributed by atoms with Crippen LogP contribution in [0.4, 0.5) is 0 Å². The lowest BCUT2D eigenvalue weighted by molar-refractivity contribution is 0.239. The number of benzene rings is 1. The van der Waals surface area contributed by atoms with E-state index >= 15 is 0 Å². The van der Waals surface area contributed by atoms with Crippen LogP contribution < -0.4 is 5.30 Å². The minimum atomic E-state index is -3.12. The van der Waals surface area contributed by atoms with Gasteiger partial charge in [0.1, 0.15) is 0 Å². The first-order chi connectivity index (χ1) is 7.64. The van der Waals surface area contributed by atoms with Crippen molar-refractivity contribution in [2.45, 2.75) is 26.7 Å². The van der Waals surface area contributed by atoms with Crippen LogP contribution in [-0.2, 0) is 13.6 Å². The van der Waals surface area contributed by atoms with Crippen molar-refractivity contribution >= 4 is 12.9 Å². The van der Waals surface area contributed by atoms with Gasteiger partial charge in [-0.3, -0.25) is 4.57 Å². The molecule has 0 heterocycles. The Hall–Kier alpha value is -0.630. The quantitative estimate of drug-likeness (QED) is 0.567. The maximum absolute atomic E-state index is 12.4. The monoisotopic (exact) mass is 242 g/mol. The average Bonchev–Trinajstić information content (AvgIpc) is 2.30. The SMILES string of the molecule is CCCCOP(=O)(OC)c1ccccc1C. The minimum absolute atomic E-state index is 0.468. The highest BCUT2D eigenvalue weighted by Crippen LogP contribution is 2.46. The second-order valence-electron chi connectivity index (χ2n) is 3.65. The van der Waals surface area contributed by atoms with Crippen LogP contribution in [0.3, 0.4) is 0 Å². The normalized spacial score (nSPS) is 14.7. The van der Waals surface area contributed by atoms with E-state index in [-0.39, 0.29) is 0 Å². The molecule has 1 atom stereocenters. The van der Waals surface area contributed by atoms with Gasteiger partial charge in [-0.2, -0.15) is 0 Å². The number of aryl methyl sites for hydroxylation is 1. The number of rotatable bonds is 6. The molecule has 0 aliphatic heterocycles. The molecule has 0 aromatic heterocycles. The maximum atomic E-state index is 12.4. The van der Waals surface area contributed by atoms with Crippen molar-refractivity contribution in [3.63, 3.8) is 0 Å². The zero-order valence-electron chi connectivity index (χ0n) is 10.1. The van der Waals surface area contributed by atoms with Crippen molar-refractivity contribution in [3.8, 4) is 0 Å². The van der Waals surface area contributed by atoms with Crippen LogP contribution in [0.2, 0.25) is 0 Å². The molecule has 0 aliphatic rings. The predicted molar refractivity (Wildman–Crippen MR) is 66.3 cm³/mol. The summed E-state index contributed by atoms with van der Waals surface area (Å²) in [5.74, 6) is 0. The highest BCUT2D eigenvalue weighted by Gasteiger charge is 2.27. The third-order valence-electron chi connectivity index (χ3n) is 2.41. The Balaban J connectivity index is 2.88. The van der Waals surface area contributed by atoms with Gasteiger partial charge in [0.15, 0.2) is 0 Å². The third-order valence-corrected chi connectivity index (χ3v) is 4.51. The molecule has 0 spiro atoms. The van der Waals surface area contributed by atoms with E-state index in [0.717, 1.165) is 18.4 Å². The van der Waals surface area contributed by atoms with Crippen LogP contribution in [0.25, 0.3) is 0 Å². The zero-order chi connectivity index (χ0) is 12.0. The highest BCUT2D eigenvalue weighted by molar-refractivity contribution is 7.62. The molecule has 1 aromatic carbocycles. The molecule has 0 saturated carbocycles. The molecule has 16 heavy (non-hydrogen) atoms. The van der Waals surface area contributed by atoms with E-state index in [9.17, 15) is 4.57 Å². The first-order valence-electron chi connectivity index (χ1n) is 5.50. The van der Waals surface area contributed by atoms with Gasteiger partial charge in [0.2, 0.25) is 0 Å². The van der Waals surface area contributed by atoms with Crippen molar-refractivity contribution in [3.05, 3.63) is 29.8 Å². The van der Waals surface area contributed by atoms with E-state index in [1.165, 1.54) is 7.11 Å². The van der Waals surface area contributed by atoms with E-state index in [4.69, 9.17) is 9.05 Å². The predicted octanol–water partition coefficient (Wildman–Crippen LogP) is 3.28. The van der Waals surface area contributed by atoms with Crippen LogP contribution in [0, 0.1) is 6.92 Å². The Bertz CT molecular complexity index is 376. The van der Waals surface area contributed by atoms with Crippen LogP contribution in [0.1, 0.15) is 25.3 Å². The smallest absolute Gasteiger partial charge is 0.309 e. The van der Waals surface area contributed by atoms with E-state index in [0.29, 0.717) is 11.9 Å². The second kappa shape index (κ2) is 6.19. The lowest BCUT2D eigenvalue weighted by Gasteiger charge is -2.18. The molecule has 4 heteroatoms. The molecule has 1 aromatic rings.